The van der Waals surface area contributed by atoms with Crippen LogP contribution in [0, 0.1) is 5.92 Å². The van der Waals surface area contributed by atoms with Crippen LogP contribution in [0.25, 0.3) is 0 Å². The standard InChI is InChI=1S/C7H15N5S/c1-4(2)7(13-3)11-5(8)10-6(9)12-7/h4H,1-3H3,(H5,8,9,10,11,12). The topological polar surface area (TPSA) is 88.8 Å². The van der Waals surface area contributed by atoms with E-state index >= 15 is 0 Å². The molecule has 0 spiro atoms. The summed E-state index contributed by atoms with van der Waals surface area (Å²) in [5.41, 5.74) is 11.1. The first-order valence-corrected chi connectivity index (χ1v) is 5.25. The van der Waals surface area contributed by atoms with E-state index < -0.39 is 4.99 Å². The zero-order chi connectivity index (χ0) is 10.1. The van der Waals surface area contributed by atoms with Crippen molar-refractivity contribution >= 4 is 23.7 Å². The largest absolute Gasteiger partial charge is 0.370 e. The number of hydrogen-bond acceptors (Lipinski definition) is 6. The van der Waals surface area contributed by atoms with Crippen LogP contribution in [0.3, 0.4) is 0 Å². The molecule has 0 bridgehead atoms. The molecule has 0 radical (unpaired) electrons. The molecule has 5 nitrogen and oxygen atoms in total. The van der Waals surface area contributed by atoms with Crippen LogP contribution in [0.5, 0.6) is 0 Å². The van der Waals surface area contributed by atoms with E-state index in [1.807, 2.05) is 6.26 Å². The predicted octanol–water partition coefficient (Wildman–Crippen LogP) is -0.108. The Morgan fingerprint density at radius 2 is 2.08 bits per heavy atom. The van der Waals surface area contributed by atoms with Gasteiger partial charge in [0.2, 0.25) is 5.96 Å². The molecule has 5 N–H and O–H groups in total. The number of nitrogens with two attached hydrogens (primary N) is 2. The van der Waals surface area contributed by atoms with Crippen LogP contribution in [-0.4, -0.2) is 23.2 Å². The molecule has 13 heavy (non-hydrogen) atoms. The molecule has 1 rings (SSSR count). The van der Waals surface area contributed by atoms with Crippen LogP contribution in [-0.2, 0) is 0 Å². The minimum atomic E-state index is -0.462. The monoisotopic (exact) mass is 201 g/mol. The first kappa shape index (κ1) is 10.2. The Balaban J connectivity index is 2.99. The van der Waals surface area contributed by atoms with Gasteiger partial charge >= 0.3 is 0 Å². The SMILES string of the molecule is CSC1(C(C)C)N=C(N)N=C(N)N1. The molecule has 0 saturated heterocycles. The van der Waals surface area contributed by atoms with Crippen molar-refractivity contribution in [2.24, 2.45) is 27.4 Å². The molecule has 6 heteroatoms. The van der Waals surface area contributed by atoms with Crippen LogP contribution >= 0.6 is 11.8 Å². The molecule has 1 aliphatic heterocycles. The van der Waals surface area contributed by atoms with Crippen molar-refractivity contribution in [3.63, 3.8) is 0 Å². The molecule has 0 aromatic rings. The molecular weight excluding hydrogens is 186 g/mol. The fourth-order valence-corrected chi connectivity index (χ4v) is 2.03. The Morgan fingerprint density at radius 3 is 2.46 bits per heavy atom. The first-order chi connectivity index (χ1) is 6.00. The van der Waals surface area contributed by atoms with Gasteiger partial charge in [-0.15, -0.1) is 11.8 Å². The van der Waals surface area contributed by atoms with Crippen LogP contribution < -0.4 is 16.8 Å². The Morgan fingerprint density at radius 1 is 1.46 bits per heavy atom. The second kappa shape index (κ2) is 3.45. The summed E-state index contributed by atoms with van der Waals surface area (Å²) in [6.07, 6.45) is 1.96. The Bertz CT molecular complexity index is 260. The first-order valence-electron chi connectivity index (χ1n) is 4.03. The minimum absolute atomic E-state index is 0.235. The quantitative estimate of drug-likeness (QED) is 0.581. The summed E-state index contributed by atoms with van der Waals surface area (Å²) in [5.74, 6) is 0.852. The van der Waals surface area contributed by atoms with E-state index in [-0.39, 0.29) is 11.9 Å². The Labute approximate surface area is 82.1 Å². The van der Waals surface area contributed by atoms with E-state index in [9.17, 15) is 0 Å². The predicted molar refractivity (Wildman–Crippen MR) is 57.5 cm³/mol. The molecule has 0 amide bonds. The van der Waals surface area contributed by atoms with E-state index in [2.05, 4.69) is 29.1 Å². The second-order valence-corrected chi connectivity index (χ2v) is 4.18. The highest BCUT2D eigenvalue weighted by Crippen LogP contribution is 2.31. The highest BCUT2D eigenvalue weighted by Gasteiger charge is 2.35. The normalized spacial score (nSPS) is 28.0. The maximum atomic E-state index is 5.58. The highest BCUT2D eigenvalue weighted by atomic mass is 32.2. The van der Waals surface area contributed by atoms with Crippen molar-refractivity contribution in [1.82, 2.24) is 5.32 Å². The lowest BCUT2D eigenvalue weighted by Crippen LogP contribution is -2.54. The molecule has 1 atom stereocenters. The number of guanidine groups is 2. The molecule has 1 heterocycles. The summed E-state index contributed by atoms with van der Waals surface area (Å²) in [5, 5.41) is 3.03. The van der Waals surface area contributed by atoms with Gasteiger partial charge in [0.25, 0.3) is 0 Å². The van der Waals surface area contributed by atoms with Gasteiger partial charge < -0.3 is 16.8 Å². The van der Waals surface area contributed by atoms with Gasteiger partial charge in [0.05, 0.1) is 0 Å². The van der Waals surface area contributed by atoms with Crippen molar-refractivity contribution in [1.29, 1.82) is 0 Å². The van der Waals surface area contributed by atoms with Gasteiger partial charge in [-0.1, -0.05) is 13.8 Å². The van der Waals surface area contributed by atoms with Crippen molar-refractivity contribution in [2.75, 3.05) is 6.26 Å². The van der Waals surface area contributed by atoms with E-state index in [0.717, 1.165) is 0 Å². The van der Waals surface area contributed by atoms with E-state index in [0.29, 0.717) is 5.96 Å². The molecule has 0 aromatic carbocycles. The van der Waals surface area contributed by atoms with Gasteiger partial charge in [-0.3, -0.25) is 0 Å². The Kier molecular flexibility index (Phi) is 2.70. The van der Waals surface area contributed by atoms with Gasteiger partial charge in [0.1, 0.15) is 0 Å². The average Bonchev–Trinajstić information content (AvgIpc) is 2.02. The smallest absolute Gasteiger partial charge is 0.221 e. The number of hydrogen-bond donors (Lipinski definition) is 3. The molecule has 1 aliphatic rings. The number of aliphatic imine (C=N–C) groups is 2. The lowest BCUT2D eigenvalue weighted by atomic mass is 10.1. The molecule has 74 valence electrons. The molecule has 0 saturated carbocycles. The lowest BCUT2D eigenvalue weighted by molar-refractivity contribution is 0.418. The van der Waals surface area contributed by atoms with Crippen LogP contribution in [0.2, 0.25) is 0 Å². The third kappa shape index (κ3) is 1.88. The third-order valence-corrected chi connectivity index (χ3v) is 3.20. The van der Waals surface area contributed by atoms with Crippen molar-refractivity contribution < 1.29 is 0 Å². The highest BCUT2D eigenvalue weighted by molar-refractivity contribution is 8.00. The van der Waals surface area contributed by atoms with Gasteiger partial charge in [0.15, 0.2) is 11.0 Å². The zero-order valence-corrected chi connectivity index (χ0v) is 8.85. The van der Waals surface area contributed by atoms with Crippen molar-refractivity contribution in [3.8, 4) is 0 Å². The van der Waals surface area contributed by atoms with Crippen molar-refractivity contribution in [3.05, 3.63) is 0 Å². The summed E-state index contributed by atoms with van der Waals surface area (Å²) in [4.78, 5) is 7.60. The zero-order valence-electron chi connectivity index (χ0n) is 8.03. The number of nitrogens with one attached hydrogen (secondary N) is 1. The summed E-state index contributed by atoms with van der Waals surface area (Å²) in [6.45, 7) is 4.11. The number of thioether (sulfide) groups is 1. The second-order valence-electron chi connectivity index (χ2n) is 3.15. The van der Waals surface area contributed by atoms with Crippen LogP contribution in [0.4, 0.5) is 0 Å². The fraction of sp³-hybridized carbons (Fsp3) is 0.714. The molecular formula is C7H15N5S. The minimum Gasteiger partial charge on any atom is -0.370 e. The van der Waals surface area contributed by atoms with Gasteiger partial charge in [-0.25, -0.2) is 4.99 Å². The molecule has 0 aromatic heterocycles. The summed E-state index contributed by atoms with van der Waals surface area (Å²) in [6, 6.07) is 0. The summed E-state index contributed by atoms with van der Waals surface area (Å²) < 4.78 is 0. The van der Waals surface area contributed by atoms with Gasteiger partial charge in [-0.2, -0.15) is 4.99 Å². The van der Waals surface area contributed by atoms with E-state index in [4.69, 9.17) is 11.5 Å². The molecule has 1 unspecified atom stereocenters. The van der Waals surface area contributed by atoms with Crippen molar-refractivity contribution in [2.45, 2.75) is 18.8 Å². The maximum Gasteiger partial charge on any atom is 0.221 e. The van der Waals surface area contributed by atoms with Crippen LogP contribution in [0.15, 0.2) is 9.98 Å². The maximum absolute atomic E-state index is 5.58. The third-order valence-electron chi connectivity index (χ3n) is 1.92. The summed E-state index contributed by atoms with van der Waals surface area (Å²) >= 11 is 1.57. The Hall–Kier alpha value is -0.910. The number of rotatable bonds is 2. The van der Waals surface area contributed by atoms with Gasteiger partial charge in [-0.05, 0) is 6.26 Å². The molecule has 0 aliphatic carbocycles. The number of nitrogens with zero attached hydrogens (tertiary/aromatic N) is 2. The molecule has 0 fully saturated rings. The van der Waals surface area contributed by atoms with E-state index in [1.165, 1.54) is 0 Å². The fourth-order valence-electron chi connectivity index (χ4n) is 1.16. The average molecular weight is 201 g/mol. The lowest BCUT2D eigenvalue weighted by Gasteiger charge is -2.35. The van der Waals surface area contributed by atoms with Gasteiger partial charge in [0, 0.05) is 5.92 Å². The van der Waals surface area contributed by atoms with Crippen LogP contribution in [0.1, 0.15) is 13.8 Å². The van der Waals surface area contributed by atoms with E-state index in [1.54, 1.807) is 11.8 Å². The summed E-state index contributed by atoms with van der Waals surface area (Å²) in [7, 11) is 0.